The molecule has 3 N–H and O–H groups in total. The van der Waals surface area contributed by atoms with Crippen molar-refractivity contribution in [1.29, 1.82) is 0 Å². The van der Waals surface area contributed by atoms with Crippen molar-refractivity contribution in [2.45, 2.75) is 51.4 Å². The molecule has 1 aromatic carbocycles. The zero-order chi connectivity index (χ0) is 16.2. The van der Waals surface area contributed by atoms with Crippen LogP contribution in [0.4, 0.5) is 11.4 Å². The van der Waals surface area contributed by atoms with Crippen LogP contribution in [0.5, 0.6) is 0 Å². The van der Waals surface area contributed by atoms with Gasteiger partial charge in [-0.2, -0.15) is 0 Å². The third-order valence-corrected chi connectivity index (χ3v) is 3.97. The summed E-state index contributed by atoms with van der Waals surface area (Å²) in [4.78, 5) is 23.6. The van der Waals surface area contributed by atoms with Gasteiger partial charge in [-0.05, 0) is 30.5 Å². The maximum absolute atomic E-state index is 11.9. The van der Waals surface area contributed by atoms with Gasteiger partial charge in [0.1, 0.15) is 0 Å². The van der Waals surface area contributed by atoms with Gasteiger partial charge in [0.15, 0.2) is 0 Å². The first-order valence-corrected chi connectivity index (χ1v) is 7.77. The Kier molecular flexibility index (Phi) is 5.19. The van der Waals surface area contributed by atoms with Gasteiger partial charge in [0.05, 0.1) is 0 Å². The fraction of sp³-hybridized carbons (Fsp3) is 0.529. The third kappa shape index (κ3) is 4.07. The summed E-state index contributed by atoms with van der Waals surface area (Å²) in [5.74, 6) is -0.0377. The highest BCUT2D eigenvalue weighted by atomic mass is 16.3. The fourth-order valence-corrected chi connectivity index (χ4v) is 2.80. The average molecular weight is 304 g/mol. The van der Waals surface area contributed by atoms with E-state index in [2.05, 4.69) is 10.6 Å². The molecule has 5 nitrogen and oxygen atoms in total. The van der Waals surface area contributed by atoms with Crippen molar-refractivity contribution in [3.63, 3.8) is 0 Å². The van der Waals surface area contributed by atoms with E-state index < -0.39 is 0 Å². The molecule has 0 fully saturated rings. The highest BCUT2D eigenvalue weighted by molar-refractivity contribution is 5.97. The minimum atomic E-state index is -0.190. The van der Waals surface area contributed by atoms with Crippen LogP contribution in [0.3, 0.4) is 0 Å². The lowest BCUT2D eigenvalue weighted by Gasteiger charge is -2.32. The van der Waals surface area contributed by atoms with Gasteiger partial charge < -0.3 is 15.7 Å². The summed E-state index contributed by atoms with van der Waals surface area (Å²) >= 11 is 0. The molecule has 0 unspecified atom stereocenters. The summed E-state index contributed by atoms with van der Waals surface area (Å²) < 4.78 is 0. The predicted molar refractivity (Wildman–Crippen MR) is 86.9 cm³/mol. The molecule has 120 valence electrons. The minimum absolute atomic E-state index is 0.00461. The molecule has 0 radical (unpaired) electrons. The maximum Gasteiger partial charge on any atom is 0.225 e. The van der Waals surface area contributed by atoms with E-state index in [1.807, 2.05) is 32.0 Å². The van der Waals surface area contributed by atoms with Crippen LogP contribution in [0.25, 0.3) is 0 Å². The van der Waals surface area contributed by atoms with Crippen LogP contribution < -0.4 is 10.6 Å². The number of aliphatic hydroxyl groups excluding tert-OH is 1. The number of anilines is 2. The molecule has 0 aromatic heterocycles. The van der Waals surface area contributed by atoms with Gasteiger partial charge in [0.25, 0.3) is 0 Å². The number of aliphatic hydroxyl groups is 1. The first-order valence-electron chi connectivity index (χ1n) is 7.77. The Hall–Kier alpha value is -1.88. The quantitative estimate of drug-likeness (QED) is 0.707. The number of hydrogen-bond acceptors (Lipinski definition) is 3. The lowest BCUT2D eigenvalue weighted by molar-refractivity contribution is -0.117. The van der Waals surface area contributed by atoms with E-state index in [-0.39, 0.29) is 23.8 Å². The molecule has 0 saturated carbocycles. The molecule has 22 heavy (non-hydrogen) atoms. The Morgan fingerprint density at radius 2 is 2.09 bits per heavy atom. The monoisotopic (exact) mass is 304 g/mol. The zero-order valence-electron chi connectivity index (χ0n) is 13.2. The number of carbonyl (C=O) groups excluding carboxylic acids is 2. The van der Waals surface area contributed by atoms with Crippen LogP contribution in [-0.4, -0.2) is 23.5 Å². The molecule has 1 aromatic rings. The number of carbonyl (C=O) groups is 2. The molecule has 1 aliphatic rings. The van der Waals surface area contributed by atoms with E-state index in [4.69, 9.17) is 5.11 Å². The molecule has 0 spiro atoms. The molecule has 1 aliphatic heterocycles. The second kappa shape index (κ2) is 6.92. The first kappa shape index (κ1) is 16.5. The van der Waals surface area contributed by atoms with E-state index in [0.29, 0.717) is 18.5 Å². The molecular weight excluding hydrogens is 280 g/mol. The maximum atomic E-state index is 11.9. The highest BCUT2D eigenvalue weighted by Crippen LogP contribution is 2.38. The summed E-state index contributed by atoms with van der Waals surface area (Å²) in [5, 5.41) is 14.4. The SMILES string of the molecule is CC1(C)CC(=O)Nc2cc(NC(=O)CCCCCO)ccc21. The number of hydrogen-bond donors (Lipinski definition) is 3. The first-order chi connectivity index (χ1) is 10.4. The molecule has 0 aliphatic carbocycles. The summed E-state index contributed by atoms with van der Waals surface area (Å²) in [6.07, 6.45) is 3.25. The Bertz CT molecular complexity index is 567. The molecular formula is C17H24N2O3. The summed E-state index contributed by atoms with van der Waals surface area (Å²) in [7, 11) is 0. The van der Waals surface area contributed by atoms with Crippen molar-refractivity contribution in [2.75, 3.05) is 17.2 Å². The summed E-state index contributed by atoms with van der Waals surface area (Å²) in [5.41, 5.74) is 2.38. The Balaban J connectivity index is 2.01. The largest absolute Gasteiger partial charge is 0.396 e. The highest BCUT2D eigenvalue weighted by Gasteiger charge is 2.31. The zero-order valence-corrected chi connectivity index (χ0v) is 13.2. The normalized spacial score (nSPS) is 15.9. The van der Waals surface area contributed by atoms with Crippen LogP contribution in [0.1, 0.15) is 51.5 Å². The Morgan fingerprint density at radius 3 is 2.82 bits per heavy atom. The van der Waals surface area contributed by atoms with Gasteiger partial charge in [0.2, 0.25) is 11.8 Å². The number of fused-ring (bicyclic) bond motifs is 1. The van der Waals surface area contributed by atoms with Crippen LogP contribution in [0, 0.1) is 0 Å². The summed E-state index contributed by atoms with van der Waals surface area (Å²) in [6, 6.07) is 5.67. The molecule has 0 saturated heterocycles. The molecule has 2 amide bonds. The number of benzene rings is 1. The second-order valence-electron chi connectivity index (χ2n) is 6.45. The topological polar surface area (TPSA) is 78.4 Å². The van der Waals surface area contributed by atoms with Crippen LogP contribution in [-0.2, 0) is 15.0 Å². The van der Waals surface area contributed by atoms with Gasteiger partial charge in [-0.15, -0.1) is 0 Å². The molecule has 0 bridgehead atoms. The molecule has 0 atom stereocenters. The lowest BCUT2D eigenvalue weighted by Crippen LogP contribution is -2.32. The van der Waals surface area contributed by atoms with Crippen molar-refractivity contribution in [3.05, 3.63) is 23.8 Å². The molecule has 1 heterocycles. The molecule has 5 heteroatoms. The van der Waals surface area contributed by atoms with Crippen molar-refractivity contribution in [2.24, 2.45) is 0 Å². The van der Waals surface area contributed by atoms with Crippen molar-refractivity contribution in [1.82, 2.24) is 0 Å². The number of amides is 2. The predicted octanol–water partition coefficient (Wildman–Crippen LogP) is 2.80. The van der Waals surface area contributed by atoms with E-state index >= 15 is 0 Å². The van der Waals surface area contributed by atoms with Gasteiger partial charge in [-0.1, -0.05) is 26.3 Å². The fourth-order valence-electron chi connectivity index (χ4n) is 2.80. The third-order valence-electron chi connectivity index (χ3n) is 3.97. The summed E-state index contributed by atoms with van der Waals surface area (Å²) in [6.45, 7) is 4.26. The van der Waals surface area contributed by atoms with Gasteiger partial charge >= 0.3 is 0 Å². The minimum Gasteiger partial charge on any atom is -0.396 e. The standard InChI is InChI=1S/C17H24N2O3/c1-17(2)11-16(22)19-14-10-12(7-8-13(14)17)18-15(21)6-4-3-5-9-20/h7-8,10,20H,3-6,9,11H2,1-2H3,(H,18,21)(H,19,22). The van der Waals surface area contributed by atoms with Crippen molar-refractivity contribution < 1.29 is 14.7 Å². The number of unbranched alkanes of at least 4 members (excludes halogenated alkanes) is 2. The average Bonchev–Trinajstić information content (AvgIpc) is 2.42. The van der Waals surface area contributed by atoms with Gasteiger partial charge in [-0.25, -0.2) is 0 Å². The van der Waals surface area contributed by atoms with Crippen molar-refractivity contribution in [3.8, 4) is 0 Å². The Morgan fingerprint density at radius 1 is 1.32 bits per heavy atom. The van der Waals surface area contributed by atoms with Gasteiger partial charge in [-0.3, -0.25) is 9.59 Å². The Labute approximate surface area is 131 Å². The van der Waals surface area contributed by atoms with E-state index in [9.17, 15) is 9.59 Å². The second-order valence-corrected chi connectivity index (χ2v) is 6.45. The smallest absolute Gasteiger partial charge is 0.225 e. The lowest BCUT2D eigenvalue weighted by atomic mass is 9.78. The van der Waals surface area contributed by atoms with E-state index in [1.165, 1.54) is 0 Å². The van der Waals surface area contributed by atoms with E-state index in [0.717, 1.165) is 30.5 Å². The van der Waals surface area contributed by atoms with Crippen LogP contribution in [0.2, 0.25) is 0 Å². The van der Waals surface area contributed by atoms with Crippen LogP contribution in [0.15, 0.2) is 18.2 Å². The van der Waals surface area contributed by atoms with E-state index in [1.54, 1.807) is 0 Å². The van der Waals surface area contributed by atoms with Crippen molar-refractivity contribution >= 4 is 23.2 Å². The number of nitrogens with one attached hydrogen (secondary N) is 2. The number of rotatable bonds is 6. The van der Waals surface area contributed by atoms with Crippen LogP contribution >= 0.6 is 0 Å². The molecule has 2 rings (SSSR count). The van der Waals surface area contributed by atoms with Gasteiger partial charge in [0, 0.05) is 36.2 Å².